The summed E-state index contributed by atoms with van der Waals surface area (Å²) >= 11 is 0. The highest BCUT2D eigenvalue weighted by Crippen LogP contribution is 2.47. The van der Waals surface area contributed by atoms with Gasteiger partial charge in [0.05, 0.1) is 11.7 Å². The molecule has 0 aromatic heterocycles. The van der Waals surface area contributed by atoms with Crippen LogP contribution in [0.1, 0.15) is 88.9 Å². The van der Waals surface area contributed by atoms with E-state index in [9.17, 15) is 41.2 Å². The summed E-state index contributed by atoms with van der Waals surface area (Å²) < 4.78 is 61.3. The highest BCUT2D eigenvalue weighted by atomic mass is 32.2. The van der Waals surface area contributed by atoms with Crippen LogP contribution in [0.25, 0.3) is 11.1 Å². The van der Waals surface area contributed by atoms with Crippen LogP contribution in [0.3, 0.4) is 0 Å². The van der Waals surface area contributed by atoms with Gasteiger partial charge in [0.25, 0.3) is 11.8 Å². The number of esters is 1. The Morgan fingerprint density at radius 1 is 0.947 bits per heavy atom. The summed E-state index contributed by atoms with van der Waals surface area (Å²) in [6.07, 6.45) is 7.98. The molecule has 2 saturated heterocycles. The Balaban J connectivity index is 1.18. The molecule has 7 rings (SSSR count). The summed E-state index contributed by atoms with van der Waals surface area (Å²) in [6, 6.07) is 8.91. The zero-order valence-corrected chi connectivity index (χ0v) is 33.3. The van der Waals surface area contributed by atoms with E-state index in [1.165, 1.54) is 11.0 Å². The first-order chi connectivity index (χ1) is 27.0. The lowest BCUT2D eigenvalue weighted by Gasteiger charge is -2.33. The molecular weight excluding hydrogens is 759 g/mol. The second-order valence-electron chi connectivity index (χ2n) is 17.3. The zero-order valence-electron chi connectivity index (χ0n) is 32.5. The number of benzene rings is 2. The number of hydrogen-bond donors (Lipinski definition) is 2. The molecule has 15 heteroatoms. The molecule has 2 aromatic carbocycles. The molecule has 306 valence electrons. The number of rotatable bonds is 7. The minimum atomic E-state index is -3.93. The average molecular weight is 809 g/mol. The van der Waals surface area contributed by atoms with E-state index in [4.69, 9.17) is 4.74 Å². The SMILES string of the molecule is CC(C)(C)OC(=O)C[C@H]1CCCCC/C=C\[C@@H]2C[C@@]2(C(=O)NS(=O)(=O)C2CC2)NC(=O)[C@@H]2[C@H]3CN(C(=O)c4cccc(-c5ccc(F)c(F)c5)c4)C[C@H]3CN2C1=O. The van der Waals surface area contributed by atoms with Crippen LogP contribution in [0.15, 0.2) is 54.6 Å². The molecular formula is C42H50F2N4O8S. The molecule has 2 saturated carbocycles. The van der Waals surface area contributed by atoms with Crippen molar-refractivity contribution >= 4 is 39.6 Å². The molecule has 4 amide bonds. The van der Waals surface area contributed by atoms with E-state index in [1.807, 2.05) is 12.2 Å². The number of sulfonamides is 1. The highest BCUT2D eigenvalue weighted by Gasteiger charge is 2.63. The predicted octanol–water partition coefficient (Wildman–Crippen LogP) is 4.88. The van der Waals surface area contributed by atoms with Crippen molar-refractivity contribution in [3.05, 3.63) is 71.8 Å². The number of halogens is 2. The normalized spacial score (nSPS) is 28.5. The lowest BCUT2D eigenvalue weighted by atomic mass is 9.92. The van der Waals surface area contributed by atoms with E-state index in [0.717, 1.165) is 25.0 Å². The maximum absolute atomic E-state index is 14.7. The number of nitrogens with one attached hydrogen (secondary N) is 2. The number of ether oxygens (including phenoxy) is 1. The molecule has 4 fully saturated rings. The molecule has 2 N–H and O–H groups in total. The van der Waals surface area contributed by atoms with E-state index in [2.05, 4.69) is 10.0 Å². The first-order valence-electron chi connectivity index (χ1n) is 19.9. The fraction of sp³-hybridized carbons (Fsp3) is 0.548. The van der Waals surface area contributed by atoms with Crippen molar-refractivity contribution in [1.82, 2.24) is 19.8 Å². The largest absolute Gasteiger partial charge is 0.460 e. The van der Waals surface area contributed by atoms with Gasteiger partial charge in [-0.15, -0.1) is 0 Å². The molecule has 0 bridgehead atoms. The van der Waals surface area contributed by atoms with E-state index >= 15 is 0 Å². The van der Waals surface area contributed by atoms with Crippen LogP contribution in [0.5, 0.6) is 0 Å². The number of carbonyl (C=O) groups is 5. The van der Waals surface area contributed by atoms with Gasteiger partial charge in [-0.1, -0.05) is 43.2 Å². The van der Waals surface area contributed by atoms with Crippen molar-refractivity contribution in [3.63, 3.8) is 0 Å². The van der Waals surface area contributed by atoms with Crippen LogP contribution in [-0.4, -0.2) is 89.9 Å². The molecule has 0 spiro atoms. The smallest absolute Gasteiger partial charge is 0.307 e. The first-order valence-corrected chi connectivity index (χ1v) is 21.4. The highest BCUT2D eigenvalue weighted by molar-refractivity contribution is 7.91. The molecule has 0 unspecified atom stereocenters. The second-order valence-corrected chi connectivity index (χ2v) is 19.2. The molecule has 2 aromatic rings. The topological polar surface area (TPSA) is 159 Å². The van der Waals surface area contributed by atoms with Crippen molar-refractivity contribution in [2.45, 2.75) is 101 Å². The Labute approximate surface area is 331 Å². The third-order valence-electron chi connectivity index (χ3n) is 11.8. The van der Waals surface area contributed by atoms with Crippen LogP contribution < -0.4 is 10.0 Å². The van der Waals surface area contributed by atoms with Gasteiger partial charge < -0.3 is 19.9 Å². The molecule has 12 nitrogen and oxygen atoms in total. The zero-order chi connectivity index (χ0) is 40.9. The lowest BCUT2D eigenvalue weighted by Crippen LogP contribution is -2.58. The minimum Gasteiger partial charge on any atom is -0.460 e. The van der Waals surface area contributed by atoms with Crippen LogP contribution >= 0.6 is 0 Å². The van der Waals surface area contributed by atoms with Gasteiger partial charge in [-0.05, 0) is 94.7 Å². The third kappa shape index (κ3) is 8.78. The van der Waals surface area contributed by atoms with Crippen LogP contribution in [-0.2, 0) is 33.9 Å². The van der Waals surface area contributed by atoms with Crippen molar-refractivity contribution < 1.29 is 45.9 Å². The molecule has 3 aliphatic heterocycles. The molecule has 57 heavy (non-hydrogen) atoms. The second kappa shape index (κ2) is 15.6. The lowest BCUT2D eigenvalue weighted by molar-refractivity contribution is -0.159. The number of allylic oxidation sites excluding steroid dienone is 1. The average Bonchev–Trinajstić information content (AvgIpc) is 4.04. The summed E-state index contributed by atoms with van der Waals surface area (Å²) in [7, 11) is -3.93. The van der Waals surface area contributed by atoms with Crippen molar-refractivity contribution in [1.29, 1.82) is 0 Å². The van der Waals surface area contributed by atoms with E-state index in [-0.39, 0.29) is 50.2 Å². The van der Waals surface area contributed by atoms with E-state index in [0.29, 0.717) is 48.8 Å². The number of likely N-dealkylation sites (tertiary alicyclic amines) is 1. The Morgan fingerprint density at radius 2 is 1.70 bits per heavy atom. The molecule has 3 heterocycles. The number of fused-ring (bicyclic) bond motifs is 4. The van der Waals surface area contributed by atoms with Gasteiger partial charge in [0.2, 0.25) is 21.8 Å². The van der Waals surface area contributed by atoms with Crippen LogP contribution in [0.4, 0.5) is 8.78 Å². The molecule has 6 atom stereocenters. The van der Waals surface area contributed by atoms with E-state index in [1.54, 1.807) is 49.9 Å². The van der Waals surface area contributed by atoms with Crippen LogP contribution in [0, 0.1) is 35.3 Å². The van der Waals surface area contributed by atoms with Gasteiger partial charge in [0.15, 0.2) is 11.6 Å². The predicted molar refractivity (Wildman–Crippen MR) is 205 cm³/mol. The van der Waals surface area contributed by atoms with Gasteiger partial charge in [-0.2, -0.15) is 0 Å². The van der Waals surface area contributed by atoms with Gasteiger partial charge in [0, 0.05) is 48.9 Å². The quantitative estimate of drug-likeness (QED) is 0.296. The monoisotopic (exact) mass is 808 g/mol. The standard InChI is InChI=1S/C42H50F2N4O8S/c1-41(2,3)56-35(49)20-28-10-7-5-4-6-8-13-30-21-42(30,40(53)46-57(54,55)31-15-16-31)45-37(50)36-32-24-47(22-29(32)23-48(36)39(28)52)38(51)27-12-9-11-25(18-27)26-14-17-33(43)34(44)19-26/h8-9,11-14,17-19,28-32,36H,4-7,10,15-16,20-24H2,1-3H3,(H,45,50)(H,46,53)/b13-8-/t28-,29+,30-,32+,36+,42-/m1/s1. The van der Waals surface area contributed by atoms with E-state index < -0.39 is 79.6 Å². The summed E-state index contributed by atoms with van der Waals surface area (Å²) in [4.78, 5) is 73.4. The molecule has 2 aliphatic carbocycles. The molecule has 0 radical (unpaired) electrons. The Kier molecular flexibility index (Phi) is 11.1. The minimum absolute atomic E-state index is 0.0933. The maximum atomic E-state index is 14.7. The fourth-order valence-corrected chi connectivity index (χ4v) is 10.0. The Hall–Kier alpha value is -4.66. The number of carbonyl (C=O) groups excluding carboxylic acids is 5. The van der Waals surface area contributed by atoms with Gasteiger partial charge in [0.1, 0.15) is 17.2 Å². The maximum Gasteiger partial charge on any atom is 0.307 e. The van der Waals surface area contributed by atoms with Crippen molar-refractivity contribution in [2.24, 2.45) is 23.7 Å². The number of hydrogen-bond acceptors (Lipinski definition) is 8. The molecule has 5 aliphatic rings. The number of amides is 4. The first kappa shape index (κ1) is 40.5. The van der Waals surface area contributed by atoms with Crippen LogP contribution in [0.2, 0.25) is 0 Å². The number of nitrogens with zero attached hydrogens (tertiary/aromatic N) is 2. The summed E-state index contributed by atoms with van der Waals surface area (Å²) in [5.41, 5.74) is -1.12. The Morgan fingerprint density at radius 3 is 2.42 bits per heavy atom. The van der Waals surface area contributed by atoms with Gasteiger partial charge in [-0.25, -0.2) is 17.2 Å². The van der Waals surface area contributed by atoms with Gasteiger partial charge in [-0.3, -0.25) is 28.7 Å². The van der Waals surface area contributed by atoms with Gasteiger partial charge >= 0.3 is 5.97 Å². The fourth-order valence-electron chi connectivity index (χ4n) is 8.64. The summed E-state index contributed by atoms with van der Waals surface area (Å²) in [5.74, 6) is -6.84. The summed E-state index contributed by atoms with van der Waals surface area (Å²) in [5, 5.41) is 2.25. The third-order valence-corrected chi connectivity index (χ3v) is 13.6. The summed E-state index contributed by atoms with van der Waals surface area (Å²) in [6.45, 7) is 5.66. The van der Waals surface area contributed by atoms with Crippen molar-refractivity contribution in [3.8, 4) is 11.1 Å². The van der Waals surface area contributed by atoms with Crippen molar-refractivity contribution in [2.75, 3.05) is 19.6 Å². The Bertz CT molecular complexity index is 2100.